The first-order chi connectivity index (χ1) is 4.57. The monoisotopic (exact) mass is 142 g/mol. The lowest BCUT2D eigenvalue weighted by atomic mass is 9.84. The second-order valence-electron chi connectivity index (χ2n) is 2.37. The number of ether oxygens (including phenoxy) is 1. The van der Waals surface area contributed by atoms with E-state index in [1.54, 1.807) is 14.8 Å². The van der Waals surface area contributed by atoms with Crippen LogP contribution in [0.2, 0.25) is 5.82 Å². The van der Waals surface area contributed by atoms with Crippen LogP contribution in [0, 0.1) is 0 Å². The number of rotatable bonds is 3. The van der Waals surface area contributed by atoms with E-state index >= 15 is 0 Å². The molecule has 0 spiro atoms. The molecule has 0 aliphatic heterocycles. The summed E-state index contributed by atoms with van der Waals surface area (Å²) in [5, 5.41) is 0. The van der Waals surface area contributed by atoms with Crippen LogP contribution in [-0.4, -0.2) is 26.7 Å². The van der Waals surface area contributed by atoms with E-state index < -0.39 is 5.97 Å². The Morgan fingerprint density at radius 1 is 1.60 bits per heavy atom. The van der Waals surface area contributed by atoms with E-state index in [-0.39, 0.29) is 18.0 Å². The second kappa shape index (κ2) is 4.09. The third-order valence-corrected chi connectivity index (χ3v) is 1.19. The maximum atomic E-state index is 10.8. The quantitative estimate of drug-likeness (QED) is 0.304. The minimum Gasteiger partial charge on any atom is -0.469 e. The fourth-order valence-corrected chi connectivity index (χ4v) is 0.419. The molecule has 0 aromatic carbocycles. The lowest BCUT2D eigenvalue weighted by Gasteiger charge is -2.00. The second-order valence-corrected chi connectivity index (χ2v) is 2.37. The van der Waals surface area contributed by atoms with Crippen LogP contribution in [0.15, 0.2) is 0 Å². The van der Waals surface area contributed by atoms with Crippen molar-refractivity contribution in [2.45, 2.75) is 19.2 Å². The smallest absolute Gasteiger partial charge is 0.313 e. The molecule has 4 heteroatoms. The Balaban J connectivity index is 3.69. The molecule has 0 fully saturated rings. The van der Waals surface area contributed by atoms with Gasteiger partial charge in [0.25, 0.3) is 0 Å². The minimum absolute atomic E-state index is 0.0770. The number of carbonyl (C=O) groups excluding carboxylic acids is 2. The molecular formula is C6H11BO3. The Morgan fingerprint density at radius 3 is 2.40 bits per heavy atom. The Labute approximate surface area is 61.2 Å². The number of hydrogen-bond donors (Lipinski definition) is 0. The first kappa shape index (κ1) is 9.20. The molecule has 1 unspecified atom stereocenters. The van der Waals surface area contributed by atoms with Gasteiger partial charge in [0.05, 0.1) is 7.11 Å². The van der Waals surface area contributed by atoms with Crippen molar-refractivity contribution < 1.29 is 14.3 Å². The van der Waals surface area contributed by atoms with Crippen LogP contribution >= 0.6 is 0 Å². The molecular weight excluding hydrogens is 131 g/mol. The van der Waals surface area contributed by atoms with E-state index in [0.717, 1.165) is 0 Å². The van der Waals surface area contributed by atoms with Gasteiger partial charge in [0.15, 0.2) is 0 Å². The summed E-state index contributed by atoms with van der Waals surface area (Å²) < 4.78 is 4.31. The van der Waals surface area contributed by atoms with Crippen molar-refractivity contribution in [1.82, 2.24) is 0 Å². The average molecular weight is 142 g/mol. The molecule has 0 aliphatic rings. The van der Waals surface area contributed by atoms with Crippen molar-refractivity contribution in [1.29, 1.82) is 0 Å². The highest BCUT2D eigenvalue weighted by molar-refractivity contribution is 6.25. The largest absolute Gasteiger partial charge is 0.469 e. The van der Waals surface area contributed by atoms with Crippen LogP contribution in [0.3, 0.4) is 0 Å². The molecule has 3 nitrogen and oxygen atoms in total. The van der Waals surface area contributed by atoms with Gasteiger partial charge in [-0.3, -0.25) is 9.59 Å². The highest BCUT2D eigenvalue weighted by Gasteiger charge is 2.12. The molecule has 0 N–H and O–H groups in total. The summed E-state index contributed by atoms with van der Waals surface area (Å²) >= 11 is 0. The van der Waals surface area contributed by atoms with Gasteiger partial charge < -0.3 is 4.74 Å². The maximum Gasteiger partial charge on any atom is 0.313 e. The molecule has 10 heavy (non-hydrogen) atoms. The number of ketones is 1. The molecule has 0 rings (SSSR count). The zero-order valence-electron chi connectivity index (χ0n) is 6.51. The van der Waals surface area contributed by atoms with Gasteiger partial charge >= 0.3 is 5.97 Å². The van der Waals surface area contributed by atoms with Crippen molar-refractivity contribution in [2.75, 3.05) is 7.11 Å². The summed E-state index contributed by atoms with van der Waals surface area (Å²) in [6.45, 7) is 1.76. The van der Waals surface area contributed by atoms with E-state index in [1.807, 2.05) is 0 Å². The summed E-state index contributed by atoms with van der Waals surface area (Å²) in [6, 6.07) is 0. The molecule has 0 aliphatic carbocycles. The number of Topliss-reactive ketones (excluding diaryl/α,β-unsaturated/α-hetero) is 1. The van der Waals surface area contributed by atoms with Crippen molar-refractivity contribution in [2.24, 2.45) is 0 Å². The SMILES string of the molecule is BC(C)C(=O)CC(=O)OC. The van der Waals surface area contributed by atoms with Crippen molar-refractivity contribution >= 4 is 19.6 Å². The first-order valence-corrected chi connectivity index (χ1v) is 3.17. The number of carbonyl (C=O) groups is 2. The van der Waals surface area contributed by atoms with Gasteiger partial charge in [-0.05, 0) is 5.82 Å². The van der Waals surface area contributed by atoms with E-state index in [1.165, 1.54) is 7.11 Å². The average Bonchev–Trinajstić information content (AvgIpc) is 1.87. The first-order valence-electron chi connectivity index (χ1n) is 3.17. The highest BCUT2D eigenvalue weighted by atomic mass is 16.5. The molecule has 56 valence electrons. The van der Waals surface area contributed by atoms with Crippen LogP contribution in [0.1, 0.15) is 13.3 Å². The van der Waals surface area contributed by atoms with Gasteiger partial charge in [-0.2, -0.15) is 0 Å². The van der Waals surface area contributed by atoms with E-state index in [9.17, 15) is 9.59 Å². The molecule has 1 atom stereocenters. The van der Waals surface area contributed by atoms with Crippen molar-refractivity contribution in [3.05, 3.63) is 0 Å². The topological polar surface area (TPSA) is 43.4 Å². The fraction of sp³-hybridized carbons (Fsp3) is 0.667. The van der Waals surface area contributed by atoms with Gasteiger partial charge in [-0.15, -0.1) is 0 Å². The van der Waals surface area contributed by atoms with Crippen molar-refractivity contribution in [3.63, 3.8) is 0 Å². The van der Waals surface area contributed by atoms with E-state index in [4.69, 9.17) is 0 Å². The van der Waals surface area contributed by atoms with E-state index in [0.29, 0.717) is 0 Å². The Morgan fingerprint density at radius 2 is 2.10 bits per heavy atom. The highest BCUT2D eigenvalue weighted by Crippen LogP contribution is 2.01. The third-order valence-electron chi connectivity index (χ3n) is 1.19. The Hall–Kier alpha value is -0.795. The van der Waals surface area contributed by atoms with E-state index in [2.05, 4.69) is 4.74 Å². The summed E-state index contributed by atoms with van der Waals surface area (Å²) in [5.74, 6) is -0.621. The predicted octanol–water partition coefficient (Wildman–Crippen LogP) is -0.440. The summed E-state index contributed by atoms with van der Waals surface area (Å²) in [7, 11) is 3.03. The summed E-state index contributed by atoms with van der Waals surface area (Å²) in [5.41, 5.74) is 0. The molecule has 0 bridgehead atoms. The molecule has 0 saturated carbocycles. The number of hydrogen-bond acceptors (Lipinski definition) is 3. The molecule has 0 amide bonds. The number of methoxy groups -OCH3 is 1. The van der Waals surface area contributed by atoms with Gasteiger partial charge in [0.2, 0.25) is 0 Å². The molecule has 0 saturated heterocycles. The zero-order chi connectivity index (χ0) is 8.15. The standard InChI is InChI=1S/C6H11BO3/c1-4(7)5(8)3-6(9)10-2/h4H,3,7H2,1-2H3. The van der Waals surface area contributed by atoms with Crippen LogP contribution in [0.4, 0.5) is 0 Å². The molecule has 0 aromatic heterocycles. The minimum atomic E-state index is -0.460. The lowest BCUT2D eigenvalue weighted by Crippen LogP contribution is -2.12. The van der Waals surface area contributed by atoms with Crippen molar-refractivity contribution in [3.8, 4) is 0 Å². The zero-order valence-corrected chi connectivity index (χ0v) is 6.51. The van der Waals surface area contributed by atoms with Gasteiger partial charge in [-0.1, -0.05) is 6.92 Å². The number of esters is 1. The normalized spacial score (nSPS) is 12.2. The fourth-order valence-electron chi connectivity index (χ4n) is 0.419. The predicted molar refractivity (Wildman–Crippen MR) is 39.6 cm³/mol. The van der Waals surface area contributed by atoms with Gasteiger partial charge in [0, 0.05) is 0 Å². The summed E-state index contributed by atoms with van der Waals surface area (Å²) in [6.07, 6.45) is -0.103. The Bertz CT molecular complexity index is 142. The van der Waals surface area contributed by atoms with Crippen LogP contribution in [-0.2, 0) is 14.3 Å². The molecule has 0 aromatic rings. The van der Waals surface area contributed by atoms with Crippen LogP contribution in [0.5, 0.6) is 0 Å². The molecule has 0 heterocycles. The maximum absolute atomic E-state index is 10.8. The van der Waals surface area contributed by atoms with Gasteiger partial charge in [0.1, 0.15) is 20.1 Å². The molecule has 0 radical (unpaired) electrons. The lowest BCUT2D eigenvalue weighted by molar-refractivity contribution is -0.143. The Kier molecular flexibility index (Phi) is 3.76. The third kappa shape index (κ3) is 3.27. The van der Waals surface area contributed by atoms with Crippen LogP contribution in [0.25, 0.3) is 0 Å². The van der Waals surface area contributed by atoms with Crippen LogP contribution < -0.4 is 0 Å². The summed E-state index contributed by atoms with van der Waals surface area (Å²) in [4.78, 5) is 21.3. The van der Waals surface area contributed by atoms with Gasteiger partial charge in [-0.25, -0.2) is 0 Å².